The predicted molar refractivity (Wildman–Crippen MR) is 128 cm³/mol. The maximum atomic E-state index is 12.4. The predicted octanol–water partition coefficient (Wildman–Crippen LogP) is 3.74. The van der Waals surface area contributed by atoms with E-state index in [1.165, 1.54) is 34.1 Å². The van der Waals surface area contributed by atoms with E-state index in [4.69, 9.17) is 21.1 Å². The molecule has 0 saturated heterocycles. The minimum Gasteiger partial charge on any atom is -0.482 e. The number of esters is 1. The lowest BCUT2D eigenvalue weighted by Gasteiger charge is -2.09. The number of aryl methyl sites for hydroxylation is 1. The molecule has 2 aromatic carbocycles. The van der Waals surface area contributed by atoms with E-state index in [-0.39, 0.29) is 30.2 Å². The van der Waals surface area contributed by atoms with Crippen LogP contribution in [-0.2, 0) is 22.6 Å². The van der Waals surface area contributed by atoms with Gasteiger partial charge in [-0.1, -0.05) is 42.0 Å². The van der Waals surface area contributed by atoms with Crippen molar-refractivity contribution in [3.63, 3.8) is 0 Å². The lowest BCUT2D eigenvalue weighted by Crippen LogP contribution is -2.20. The number of fused-ring (bicyclic) bond motifs is 1. The van der Waals surface area contributed by atoms with Gasteiger partial charge in [0.25, 0.3) is 11.5 Å². The zero-order valence-electron chi connectivity index (χ0n) is 18.0. The van der Waals surface area contributed by atoms with Crippen LogP contribution in [0.5, 0.6) is 5.75 Å². The summed E-state index contributed by atoms with van der Waals surface area (Å²) >= 11 is 7.31. The number of hydrogen-bond donors (Lipinski definition) is 1. The molecule has 174 valence electrons. The van der Waals surface area contributed by atoms with Gasteiger partial charge in [0.05, 0.1) is 16.3 Å². The van der Waals surface area contributed by atoms with Crippen molar-refractivity contribution in [2.45, 2.75) is 20.0 Å². The van der Waals surface area contributed by atoms with Crippen molar-refractivity contribution in [3.05, 3.63) is 86.2 Å². The van der Waals surface area contributed by atoms with Gasteiger partial charge in [0.2, 0.25) is 4.96 Å². The molecule has 2 aromatic heterocycles. The van der Waals surface area contributed by atoms with Gasteiger partial charge in [0.15, 0.2) is 6.61 Å². The summed E-state index contributed by atoms with van der Waals surface area (Å²) in [4.78, 5) is 41.5. The number of benzene rings is 2. The quantitative estimate of drug-likeness (QED) is 0.368. The molecule has 0 radical (unpaired) electrons. The molecule has 0 saturated carbocycles. The Morgan fingerprint density at radius 3 is 2.65 bits per heavy atom. The maximum absolute atomic E-state index is 12.4. The Bertz CT molecular complexity index is 1400. The minimum absolute atomic E-state index is 0.151. The largest absolute Gasteiger partial charge is 0.482 e. The molecule has 11 heteroatoms. The first-order chi connectivity index (χ1) is 16.4. The highest BCUT2D eigenvalue weighted by Crippen LogP contribution is 2.23. The highest BCUT2D eigenvalue weighted by Gasteiger charge is 2.12. The van der Waals surface area contributed by atoms with Crippen LogP contribution in [0.15, 0.2) is 59.4 Å². The van der Waals surface area contributed by atoms with E-state index >= 15 is 0 Å². The van der Waals surface area contributed by atoms with Gasteiger partial charge in [0.1, 0.15) is 17.4 Å². The van der Waals surface area contributed by atoms with Gasteiger partial charge in [-0.25, -0.2) is 9.78 Å². The van der Waals surface area contributed by atoms with Crippen molar-refractivity contribution >= 4 is 45.5 Å². The van der Waals surface area contributed by atoms with E-state index in [0.717, 1.165) is 5.01 Å². The standard InChI is InChI=1S/C23H19ClN4O5S/c1-2-20-27-28-21(30)11-16(26-23(28)34-20)12-33-22(31)14-7-9-15(10-8-14)25-19(29)13-32-18-6-4-3-5-17(18)24/h3-11H,2,12-13H2,1H3,(H,25,29). The summed E-state index contributed by atoms with van der Waals surface area (Å²) in [6.07, 6.45) is 0.697. The Morgan fingerprint density at radius 1 is 1.15 bits per heavy atom. The van der Waals surface area contributed by atoms with Gasteiger partial charge in [0, 0.05) is 11.8 Å². The van der Waals surface area contributed by atoms with Crippen LogP contribution >= 0.6 is 22.9 Å². The number of aromatic nitrogens is 3. The average molecular weight is 499 g/mol. The first-order valence-electron chi connectivity index (χ1n) is 10.3. The van der Waals surface area contributed by atoms with Crippen molar-refractivity contribution in [1.82, 2.24) is 14.6 Å². The van der Waals surface area contributed by atoms with Crippen molar-refractivity contribution in [1.29, 1.82) is 0 Å². The van der Waals surface area contributed by atoms with Crippen LogP contribution in [0.2, 0.25) is 5.02 Å². The number of amides is 1. The molecular formula is C23H19ClN4O5S. The summed E-state index contributed by atoms with van der Waals surface area (Å²) in [7, 11) is 0. The zero-order valence-corrected chi connectivity index (χ0v) is 19.6. The number of nitrogens with one attached hydrogen (secondary N) is 1. The summed E-state index contributed by atoms with van der Waals surface area (Å²) in [5.41, 5.74) is 0.785. The highest BCUT2D eigenvalue weighted by molar-refractivity contribution is 7.16. The fourth-order valence-corrected chi connectivity index (χ4v) is 3.98. The van der Waals surface area contributed by atoms with Gasteiger partial charge in [-0.2, -0.15) is 9.61 Å². The monoisotopic (exact) mass is 498 g/mol. The van der Waals surface area contributed by atoms with Crippen molar-refractivity contribution in [2.75, 3.05) is 11.9 Å². The Morgan fingerprint density at radius 2 is 1.91 bits per heavy atom. The lowest BCUT2D eigenvalue weighted by atomic mass is 10.2. The van der Waals surface area contributed by atoms with Crippen molar-refractivity contribution < 1.29 is 19.1 Å². The van der Waals surface area contributed by atoms with Crippen molar-refractivity contribution in [3.8, 4) is 5.75 Å². The number of carbonyl (C=O) groups is 2. The van der Waals surface area contributed by atoms with E-state index in [9.17, 15) is 14.4 Å². The molecule has 0 aliphatic carbocycles. The van der Waals surface area contributed by atoms with Crippen LogP contribution in [-0.4, -0.2) is 33.1 Å². The molecular weight excluding hydrogens is 480 g/mol. The van der Waals surface area contributed by atoms with E-state index in [1.807, 2.05) is 6.92 Å². The number of ether oxygens (including phenoxy) is 2. The lowest BCUT2D eigenvalue weighted by molar-refractivity contribution is -0.118. The SMILES string of the molecule is CCc1nn2c(=O)cc(COC(=O)c3ccc(NC(=O)COc4ccccc4Cl)cc3)nc2s1. The van der Waals surface area contributed by atoms with Crippen LogP contribution < -0.4 is 15.6 Å². The number of rotatable bonds is 8. The first kappa shape index (κ1) is 23.4. The summed E-state index contributed by atoms with van der Waals surface area (Å²) in [5.74, 6) is -0.548. The number of hydrogen-bond acceptors (Lipinski definition) is 8. The van der Waals surface area contributed by atoms with E-state index < -0.39 is 5.97 Å². The fraction of sp³-hybridized carbons (Fsp3) is 0.174. The Balaban J connectivity index is 1.31. The van der Waals surface area contributed by atoms with Gasteiger partial charge >= 0.3 is 5.97 Å². The molecule has 0 bridgehead atoms. The molecule has 1 N–H and O–H groups in total. The molecule has 1 amide bonds. The summed E-state index contributed by atoms with van der Waals surface area (Å²) in [6.45, 7) is 1.57. The number of halogens is 1. The normalized spacial score (nSPS) is 10.8. The van der Waals surface area contributed by atoms with Gasteiger partial charge in [-0.05, 0) is 42.8 Å². The number of nitrogens with zero attached hydrogens (tertiary/aromatic N) is 3. The van der Waals surface area contributed by atoms with E-state index in [2.05, 4.69) is 15.4 Å². The summed E-state index contributed by atoms with van der Waals surface area (Å²) < 4.78 is 11.9. The molecule has 4 rings (SSSR count). The molecule has 0 unspecified atom stereocenters. The molecule has 0 aliphatic heterocycles. The molecule has 34 heavy (non-hydrogen) atoms. The summed E-state index contributed by atoms with van der Waals surface area (Å²) in [5, 5.41) is 8.06. The molecule has 0 fully saturated rings. The average Bonchev–Trinajstić information content (AvgIpc) is 3.26. The topological polar surface area (TPSA) is 112 Å². The first-order valence-corrected chi connectivity index (χ1v) is 11.5. The molecule has 0 aliphatic rings. The molecule has 2 heterocycles. The van der Waals surface area contributed by atoms with E-state index in [0.29, 0.717) is 33.5 Å². The number of carbonyl (C=O) groups excluding carboxylic acids is 2. The number of anilines is 1. The second kappa shape index (κ2) is 10.4. The van der Waals surface area contributed by atoms with Gasteiger partial charge < -0.3 is 14.8 Å². The van der Waals surface area contributed by atoms with E-state index in [1.54, 1.807) is 36.4 Å². The minimum atomic E-state index is -0.583. The smallest absolute Gasteiger partial charge is 0.338 e. The third kappa shape index (κ3) is 5.59. The molecule has 4 aromatic rings. The molecule has 9 nitrogen and oxygen atoms in total. The third-order valence-corrected chi connectivity index (χ3v) is 5.96. The Kier molecular flexibility index (Phi) is 7.19. The highest BCUT2D eigenvalue weighted by atomic mass is 35.5. The van der Waals surface area contributed by atoms with Gasteiger partial charge in [-0.3, -0.25) is 9.59 Å². The maximum Gasteiger partial charge on any atom is 0.338 e. The van der Waals surface area contributed by atoms with Crippen LogP contribution in [0.3, 0.4) is 0 Å². The third-order valence-electron chi connectivity index (χ3n) is 4.59. The Hall–Kier alpha value is -3.76. The second-order valence-corrected chi connectivity index (χ2v) is 8.50. The fourth-order valence-electron chi connectivity index (χ4n) is 2.93. The molecule has 0 atom stereocenters. The van der Waals surface area contributed by atoms with Crippen LogP contribution in [0, 0.1) is 0 Å². The van der Waals surface area contributed by atoms with Crippen LogP contribution in [0.1, 0.15) is 28.0 Å². The zero-order chi connectivity index (χ0) is 24.1. The van der Waals surface area contributed by atoms with Gasteiger partial charge in [-0.15, -0.1) is 0 Å². The number of para-hydroxylation sites is 1. The second-order valence-electron chi connectivity index (χ2n) is 7.05. The Labute approximate surface area is 202 Å². The van der Waals surface area contributed by atoms with Crippen molar-refractivity contribution in [2.24, 2.45) is 0 Å². The molecule has 0 spiro atoms. The van der Waals surface area contributed by atoms with Crippen LogP contribution in [0.25, 0.3) is 4.96 Å². The van der Waals surface area contributed by atoms with Crippen LogP contribution in [0.4, 0.5) is 5.69 Å². The summed E-state index contributed by atoms with van der Waals surface area (Å²) in [6, 6.07) is 14.3.